The average molecular weight is 329 g/mol. The van der Waals surface area contributed by atoms with E-state index < -0.39 is 6.10 Å². The molecule has 0 aliphatic heterocycles. The van der Waals surface area contributed by atoms with Crippen molar-refractivity contribution in [2.24, 2.45) is 5.41 Å². The monoisotopic (exact) mass is 328 g/mol. The third kappa shape index (κ3) is 6.12. The molecule has 0 bridgehead atoms. The number of halogens is 1. The lowest BCUT2D eigenvalue weighted by Gasteiger charge is -2.25. The first-order valence-electron chi connectivity index (χ1n) is 7.26. The second-order valence-corrected chi connectivity index (χ2v) is 6.64. The van der Waals surface area contributed by atoms with Gasteiger partial charge in [-0.2, -0.15) is 0 Å². The Bertz CT molecular complexity index is 501. The summed E-state index contributed by atoms with van der Waals surface area (Å²) in [5.74, 6) is 0.560. The highest BCUT2D eigenvalue weighted by Crippen LogP contribution is 2.27. The van der Waals surface area contributed by atoms with Gasteiger partial charge in [-0.1, -0.05) is 32.4 Å². The summed E-state index contributed by atoms with van der Waals surface area (Å²) < 4.78 is 5.22. The first-order valence-corrected chi connectivity index (χ1v) is 7.64. The minimum Gasteiger partial charge on any atom is -0.495 e. The van der Waals surface area contributed by atoms with E-state index in [0.717, 1.165) is 5.69 Å². The van der Waals surface area contributed by atoms with Crippen molar-refractivity contribution in [2.75, 3.05) is 25.5 Å². The van der Waals surface area contributed by atoms with Crippen LogP contribution >= 0.6 is 11.6 Å². The molecule has 22 heavy (non-hydrogen) atoms. The minimum absolute atomic E-state index is 0.114. The topological polar surface area (TPSA) is 70.6 Å². The normalized spacial score (nSPS) is 12.6. The van der Waals surface area contributed by atoms with Gasteiger partial charge < -0.3 is 20.5 Å². The number of anilines is 1. The standard InChI is InChI=1S/C16H25ClN2O3/c1-16(2,3)14(20)10-19-15(21)7-8-18-12-9-11(17)5-6-13(12)22-4/h5-6,9,14,18,20H,7-8,10H2,1-4H3,(H,19,21). The summed E-state index contributed by atoms with van der Waals surface area (Å²) in [5, 5.41) is 16.3. The molecule has 124 valence electrons. The van der Waals surface area contributed by atoms with E-state index in [2.05, 4.69) is 10.6 Å². The SMILES string of the molecule is COc1ccc(Cl)cc1NCCC(=O)NCC(O)C(C)(C)C. The zero-order valence-corrected chi connectivity index (χ0v) is 14.3. The molecule has 1 atom stereocenters. The molecule has 5 nitrogen and oxygen atoms in total. The van der Waals surface area contributed by atoms with Crippen LogP contribution in [0.15, 0.2) is 18.2 Å². The van der Waals surface area contributed by atoms with Gasteiger partial charge in [-0.05, 0) is 23.6 Å². The van der Waals surface area contributed by atoms with Crippen molar-refractivity contribution in [3.05, 3.63) is 23.2 Å². The zero-order chi connectivity index (χ0) is 16.8. The summed E-state index contributed by atoms with van der Waals surface area (Å²) in [5.41, 5.74) is 0.497. The van der Waals surface area contributed by atoms with Crippen LogP contribution in [0, 0.1) is 5.41 Å². The smallest absolute Gasteiger partial charge is 0.221 e. The highest BCUT2D eigenvalue weighted by Gasteiger charge is 2.22. The van der Waals surface area contributed by atoms with Gasteiger partial charge in [0.05, 0.1) is 18.9 Å². The number of nitrogens with one attached hydrogen (secondary N) is 2. The first kappa shape index (κ1) is 18.6. The van der Waals surface area contributed by atoms with Gasteiger partial charge in [0.2, 0.25) is 5.91 Å². The first-order chi connectivity index (χ1) is 10.2. The summed E-state index contributed by atoms with van der Waals surface area (Å²) in [4.78, 5) is 11.8. The van der Waals surface area contributed by atoms with E-state index in [1.54, 1.807) is 25.3 Å². The van der Waals surface area contributed by atoms with Gasteiger partial charge in [0.15, 0.2) is 0 Å². The lowest BCUT2D eigenvalue weighted by molar-refractivity contribution is -0.121. The summed E-state index contributed by atoms with van der Waals surface area (Å²) in [6, 6.07) is 5.26. The lowest BCUT2D eigenvalue weighted by Crippen LogP contribution is -2.39. The highest BCUT2D eigenvalue weighted by molar-refractivity contribution is 6.30. The van der Waals surface area contributed by atoms with Gasteiger partial charge in [0.1, 0.15) is 5.75 Å². The van der Waals surface area contributed by atoms with Crippen molar-refractivity contribution >= 4 is 23.2 Å². The van der Waals surface area contributed by atoms with Crippen LogP contribution in [0.2, 0.25) is 5.02 Å². The van der Waals surface area contributed by atoms with Crippen LogP contribution in [0.3, 0.4) is 0 Å². The Morgan fingerprint density at radius 3 is 2.68 bits per heavy atom. The molecule has 0 spiro atoms. The van der Waals surface area contributed by atoms with E-state index in [9.17, 15) is 9.90 Å². The molecule has 6 heteroatoms. The fourth-order valence-electron chi connectivity index (χ4n) is 1.73. The number of hydrogen-bond donors (Lipinski definition) is 3. The molecule has 1 aromatic rings. The van der Waals surface area contributed by atoms with Crippen molar-refractivity contribution in [2.45, 2.75) is 33.3 Å². The van der Waals surface area contributed by atoms with E-state index in [-0.39, 0.29) is 17.9 Å². The number of carbonyl (C=O) groups excluding carboxylic acids is 1. The third-order valence-corrected chi connectivity index (χ3v) is 3.56. The quantitative estimate of drug-likeness (QED) is 0.719. The van der Waals surface area contributed by atoms with Gasteiger partial charge >= 0.3 is 0 Å². The summed E-state index contributed by atoms with van der Waals surface area (Å²) in [6.07, 6.45) is -0.274. The van der Waals surface area contributed by atoms with E-state index >= 15 is 0 Å². The van der Waals surface area contributed by atoms with Crippen LogP contribution in [0.25, 0.3) is 0 Å². The van der Waals surface area contributed by atoms with Crippen molar-refractivity contribution in [1.82, 2.24) is 5.32 Å². The Kier molecular flexibility index (Phi) is 6.97. The number of methoxy groups -OCH3 is 1. The van der Waals surface area contributed by atoms with Gasteiger partial charge in [-0.25, -0.2) is 0 Å². The maximum Gasteiger partial charge on any atom is 0.221 e. The number of amides is 1. The Hall–Kier alpha value is -1.46. The number of aliphatic hydroxyl groups is 1. The van der Waals surface area contributed by atoms with Crippen molar-refractivity contribution in [1.29, 1.82) is 0 Å². The summed E-state index contributed by atoms with van der Waals surface area (Å²) in [7, 11) is 1.58. The van der Waals surface area contributed by atoms with Crippen molar-refractivity contribution in [3.8, 4) is 5.75 Å². The van der Waals surface area contributed by atoms with Gasteiger partial charge in [0, 0.05) is 24.5 Å². The zero-order valence-electron chi connectivity index (χ0n) is 13.6. The molecule has 1 amide bonds. The Morgan fingerprint density at radius 2 is 2.09 bits per heavy atom. The highest BCUT2D eigenvalue weighted by atomic mass is 35.5. The number of ether oxygens (including phenoxy) is 1. The van der Waals surface area contributed by atoms with Crippen LogP contribution in [0.4, 0.5) is 5.69 Å². The molecule has 0 fully saturated rings. The number of hydrogen-bond acceptors (Lipinski definition) is 4. The summed E-state index contributed by atoms with van der Waals surface area (Å²) >= 11 is 5.94. The van der Waals surface area contributed by atoms with Crippen LogP contribution in [-0.2, 0) is 4.79 Å². The molecular weight excluding hydrogens is 304 g/mol. The Balaban J connectivity index is 2.38. The molecule has 0 saturated carbocycles. The van der Waals surface area contributed by atoms with Crippen LogP contribution in [-0.4, -0.2) is 37.3 Å². The molecular formula is C16H25ClN2O3. The number of aliphatic hydroxyl groups excluding tert-OH is 1. The molecule has 0 aliphatic rings. The van der Waals surface area contributed by atoms with Crippen molar-refractivity contribution < 1.29 is 14.6 Å². The second kappa shape index (κ2) is 8.25. The summed E-state index contributed by atoms with van der Waals surface area (Å²) in [6.45, 7) is 6.49. The molecule has 1 rings (SSSR count). The maximum atomic E-state index is 11.8. The number of carbonyl (C=O) groups is 1. The Labute approximate surface area is 137 Å². The van der Waals surface area contributed by atoms with Crippen LogP contribution < -0.4 is 15.4 Å². The fourth-order valence-corrected chi connectivity index (χ4v) is 1.91. The number of benzene rings is 1. The number of rotatable bonds is 7. The molecule has 3 N–H and O–H groups in total. The molecule has 0 heterocycles. The van der Waals surface area contributed by atoms with Crippen LogP contribution in [0.1, 0.15) is 27.2 Å². The average Bonchev–Trinajstić information content (AvgIpc) is 2.44. The second-order valence-electron chi connectivity index (χ2n) is 6.21. The fraction of sp³-hybridized carbons (Fsp3) is 0.562. The molecule has 0 aromatic heterocycles. The molecule has 0 aliphatic carbocycles. The molecule has 1 aromatic carbocycles. The molecule has 0 saturated heterocycles. The minimum atomic E-state index is -0.572. The van der Waals surface area contributed by atoms with Gasteiger partial charge in [-0.3, -0.25) is 4.79 Å². The van der Waals surface area contributed by atoms with E-state index in [1.807, 2.05) is 20.8 Å². The predicted octanol–water partition coefficient (Wildman–Crippen LogP) is 2.67. The van der Waals surface area contributed by atoms with E-state index in [0.29, 0.717) is 23.7 Å². The molecule has 1 unspecified atom stereocenters. The van der Waals surface area contributed by atoms with Crippen molar-refractivity contribution in [3.63, 3.8) is 0 Å². The Morgan fingerprint density at radius 1 is 1.41 bits per heavy atom. The molecule has 0 radical (unpaired) electrons. The van der Waals surface area contributed by atoms with Gasteiger partial charge in [0.25, 0.3) is 0 Å². The van der Waals surface area contributed by atoms with E-state index in [4.69, 9.17) is 16.3 Å². The maximum absolute atomic E-state index is 11.8. The predicted molar refractivity (Wildman–Crippen MR) is 89.6 cm³/mol. The van der Waals surface area contributed by atoms with Crippen LogP contribution in [0.5, 0.6) is 5.75 Å². The lowest BCUT2D eigenvalue weighted by atomic mass is 9.89. The van der Waals surface area contributed by atoms with Gasteiger partial charge in [-0.15, -0.1) is 0 Å². The third-order valence-electron chi connectivity index (χ3n) is 3.32. The largest absolute Gasteiger partial charge is 0.495 e. The van der Waals surface area contributed by atoms with E-state index in [1.165, 1.54) is 0 Å².